The van der Waals surface area contributed by atoms with E-state index in [-0.39, 0.29) is 5.48 Å². The first-order valence-electron chi connectivity index (χ1n) is 0.516. The molecule has 3 heteroatoms. The van der Waals surface area contributed by atoms with Gasteiger partial charge in [-0.15, -0.1) is 0 Å². The normalized spacial score (nSPS) is 2.00. The maximum absolute atomic E-state index is 7.08. The Morgan fingerprint density at radius 2 is 1.75 bits per heavy atom. The Morgan fingerprint density at radius 1 is 1.75 bits per heavy atom. The summed E-state index contributed by atoms with van der Waals surface area (Å²) in [5.41, 5.74) is 7.08. The summed E-state index contributed by atoms with van der Waals surface area (Å²) in [7, 11) is 0. The van der Waals surface area contributed by atoms with Crippen molar-refractivity contribution in [3.8, 4) is 0 Å². The second kappa shape index (κ2) is 36.3. The van der Waals surface area contributed by atoms with Crippen molar-refractivity contribution in [2.75, 3.05) is 0 Å². The molecule has 0 saturated heterocycles. The molecule has 0 fully saturated rings. The highest BCUT2D eigenvalue weighted by Gasteiger charge is 0.932. The zero-order chi connectivity index (χ0) is 2.71. The van der Waals surface area contributed by atoms with E-state index >= 15 is 0 Å². The van der Waals surface area contributed by atoms with E-state index in [1.165, 1.54) is 0 Å². The minimum Gasteiger partial charge on any atom is -0.412 e. The Balaban J connectivity index is 0. The van der Waals surface area contributed by atoms with Crippen LogP contribution in [0.15, 0.2) is 0 Å². The van der Waals surface area contributed by atoms with Crippen LogP contribution in [-0.4, -0.2) is 17.0 Å². The minimum atomic E-state index is 0. The van der Waals surface area contributed by atoms with Crippen LogP contribution in [0.1, 0.15) is 0 Å². The topological polar surface area (TPSA) is 67.9 Å². The third-order valence-corrected chi connectivity index (χ3v) is 0. The van der Waals surface area contributed by atoms with Crippen LogP contribution < -0.4 is 0 Å². The molecule has 0 radical (unpaired) electrons. The zero-order valence-corrected chi connectivity index (χ0v) is 2.10. The molecule has 3 nitrogen and oxygen atoms in total. The van der Waals surface area contributed by atoms with Crippen LogP contribution in [0.25, 0.3) is 5.53 Å². The fraction of sp³-hybridized carbons (Fsp3) is 0. The summed E-state index contributed by atoms with van der Waals surface area (Å²) in [6.45, 7) is 2.67. The zero-order valence-electron chi connectivity index (χ0n) is 2.10. The number of nitrogens with zero attached hydrogens (tertiary/aromatic N) is 2. The highest BCUT2D eigenvalue weighted by atomic mass is 16.0. The summed E-state index contributed by atoms with van der Waals surface area (Å²) in [4.78, 5) is 2.25. The Hall–Kier alpha value is -0.660. The molecule has 0 aliphatic heterocycles. The summed E-state index contributed by atoms with van der Waals surface area (Å²) in [6, 6.07) is 0. The molecule has 0 atom stereocenters. The second-order valence-electron chi connectivity index (χ2n) is 0.141. The van der Waals surface area contributed by atoms with Crippen molar-refractivity contribution in [2.24, 2.45) is 0 Å². The average Bonchev–Trinajstić information content (AvgIpc) is 0.918. The molecule has 24 valence electrons. The molecule has 0 heterocycles. The first kappa shape index (κ1) is 10.2. The van der Waals surface area contributed by atoms with E-state index in [1.54, 1.807) is 0 Å². The van der Waals surface area contributed by atoms with E-state index in [9.17, 15) is 0 Å². The van der Waals surface area contributed by atoms with Crippen LogP contribution >= 0.6 is 0 Å². The summed E-state index contributed by atoms with van der Waals surface area (Å²) in [5, 5.41) is 0. The molecule has 0 rings (SSSR count). The summed E-state index contributed by atoms with van der Waals surface area (Å²) >= 11 is 0. The van der Waals surface area contributed by atoms with Crippen molar-refractivity contribution >= 4 is 6.72 Å². The molecule has 0 aromatic heterocycles. The van der Waals surface area contributed by atoms with Crippen molar-refractivity contribution in [3.05, 3.63) is 5.53 Å². The van der Waals surface area contributed by atoms with Gasteiger partial charge in [-0.1, -0.05) is 0 Å². The van der Waals surface area contributed by atoms with Gasteiger partial charge >= 0.3 is 0 Å². The summed E-state index contributed by atoms with van der Waals surface area (Å²) in [5.74, 6) is 0. The van der Waals surface area contributed by atoms with Crippen LogP contribution in [0.3, 0.4) is 0 Å². The Bertz CT molecular complexity index is 27.0. The monoisotopic (exact) mass is 60.0 g/mol. The Labute approximate surface area is 23.8 Å². The van der Waals surface area contributed by atoms with Crippen molar-refractivity contribution in [1.82, 2.24) is 0 Å². The number of hydrogen-bond acceptors (Lipinski definition) is 0. The molecule has 0 aromatic carbocycles. The van der Waals surface area contributed by atoms with Gasteiger partial charge in [0.05, 0.1) is 0 Å². The first-order valence-corrected chi connectivity index (χ1v) is 0.516. The molecule has 0 aliphatic rings. The van der Waals surface area contributed by atoms with Gasteiger partial charge < -0.3 is 11.0 Å². The molecule has 0 aliphatic carbocycles. The molecule has 0 aromatic rings. The van der Waals surface area contributed by atoms with Gasteiger partial charge in [0.2, 0.25) is 6.72 Å². The van der Waals surface area contributed by atoms with Gasteiger partial charge in [-0.05, 0) is 0 Å². The lowest BCUT2D eigenvalue weighted by Gasteiger charge is -1.16. The van der Waals surface area contributed by atoms with Crippen molar-refractivity contribution in [3.63, 3.8) is 0 Å². The largest absolute Gasteiger partial charge is 0.412 e. The third-order valence-electron chi connectivity index (χ3n) is 0. The van der Waals surface area contributed by atoms with E-state index in [0.29, 0.717) is 0 Å². The summed E-state index contributed by atoms with van der Waals surface area (Å²) < 4.78 is 0. The molecule has 2 N–H and O–H groups in total. The highest BCUT2D eigenvalue weighted by Crippen LogP contribution is 0.902. The van der Waals surface area contributed by atoms with Gasteiger partial charge in [0.15, 0.2) is 0 Å². The lowest BCUT2D eigenvalue weighted by Crippen LogP contribution is -1.21. The van der Waals surface area contributed by atoms with Crippen LogP contribution in [0, 0.1) is 0 Å². The van der Waals surface area contributed by atoms with E-state index < -0.39 is 0 Å². The predicted octanol–water partition coefficient (Wildman–Crippen LogP) is -0.908. The van der Waals surface area contributed by atoms with Gasteiger partial charge in [-0.2, -0.15) is 4.79 Å². The number of rotatable bonds is 0. The quantitative estimate of drug-likeness (QED) is 0.197. The van der Waals surface area contributed by atoms with Crippen LogP contribution in [0.5, 0.6) is 0 Å². The number of hydrogen-bond donors (Lipinski definition) is 0. The van der Waals surface area contributed by atoms with Gasteiger partial charge in [0.25, 0.3) is 0 Å². The van der Waals surface area contributed by atoms with E-state index in [0.717, 1.165) is 0 Å². The molecule has 0 unspecified atom stereocenters. The average molecular weight is 60.1 g/mol. The lowest BCUT2D eigenvalue weighted by molar-refractivity contribution is 0.0110. The maximum Gasteiger partial charge on any atom is 0.245 e. The standard InChI is InChI=1S/CH2N2.H2O/c1-3-2;/h1H2;1H2. The maximum atomic E-state index is 7.08. The second-order valence-corrected chi connectivity index (χ2v) is 0.141. The van der Waals surface area contributed by atoms with Crippen LogP contribution in [-0.2, 0) is 0 Å². The van der Waals surface area contributed by atoms with E-state index in [2.05, 4.69) is 11.5 Å². The summed E-state index contributed by atoms with van der Waals surface area (Å²) in [6.07, 6.45) is 0. The fourth-order valence-electron chi connectivity index (χ4n) is 0. The van der Waals surface area contributed by atoms with Crippen LogP contribution in [0.4, 0.5) is 0 Å². The van der Waals surface area contributed by atoms with E-state index in [4.69, 9.17) is 5.53 Å². The molecule has 0 amide bonds. The molecule has 0 spiro atoms. The SMILES string of the molecule is C=[N+]=[N-].O. The van der Waals surface area contributed by atoms with Gasteiger partial charge in [-0.25, -0.2) is 0 Å². The van der Waals surface area contributed by atoms with Gasteiger partial charge in [-0.3, -0.25) is 0 Å². The van der Waals surface area contributed by atoms with Gasteiger partial charge in [0, 0.05) is 0 Å². The first-order chi connectivity index (χ1) is 1.41. The van der Waals surface area contributed by atoms with Crippen LogP contribution in [0.2, 0.25) is 0 Å². The molecule has 0 bridgehead atoms. The molecule has 4 heavy (non-hydrogen) atoms. The lowest BCUT2D eigenvalue weighted by atomic mass is 11.8. The third kappa shape index (κ3) is 0.356. The Morgan fingerprint density at radius 3 is 1.75 bits per heavy atom. The molecular formula is CH4N2O. The molecule has 0 saturated carbocycles. The fourth-order valence-corrected chi connectivity index (χ4v) is 0. The van der Waals surface area contributed by atoms with Crippen molar-refractivity contribution < 1.29 is 10.3 Å². The highest BCUT2D eigenvalue weighted by molar-refractivity contribution is 5.12. The molecular weight excluding hydrogens is 56.0 g/mol. The Kier molecular flexibility index (Phi) is 92.5. The smallest absolute Gasteiger partial charge is 0.245 e. The van der Waals surface area contributed by atoms with Gasteiger partial charge in [0.1, 0.15) is 0 Å². The van der Waals surface area contributed by atoms with Crippen molar-refractivity contribution in [1.29, 1.82) is 0 Å². The van der Waals surface area contributed by atoms with E-state index in [1.807, 2.05) is 0 Å². The predicted molar refractivity (Wildman–Crippen MR) is 14.4 cm³/mol. The van der Waals surface area contributed by atoms with Crippen molar-refractivity contribution in [2.45, 2.75) is 0 Å². The minimum absolute atomic E-state index is 0.